The lowest BCUT2D eigenvalue weighted by Crippen LogP contribution is -2.39. The smallest absolute Gasteiger partial charge is 0.0672 e. The molecule has 1 fully saturated rings. The predicted molar refractivity (Wildman–Crippen MR) is 76.3 cm³/mol. The maximum Gasteiger partial charge on any atom is 0.0672 e. The van der Waals surface area contributed by atoms with Gasteiger partial charge in [0.15, 0.2) is 0 Å². The monoisotopic (exact) mass is 261 g/mol. The molecule has 0 spiro atoms. The van der Waals surface area contributed by atoms with Gasteiger partial charge in [0.05, 0.1) is 36.3 Å². The first-order valence-corrected chi connectivity index (χ1v) is 6.59. The number of morpholine rings is 1. The number of nitrogens with one attached hydrogen (secondary N) is 2. The molecule has 0 aliphatic carbocycles. The first-order valence-electron chi connectivity index (χ1n) is 6.59. The quantitative estimate of drug-likeness (QED) is 0.712. The minimum Gasteiger partial charge on any atom is -0.397 e. The standard InChI is InChI=1S/C13H19N5O/c14-11-7-10-9-16-17-12(10)8-13(11)15-1-2-18-3-5-19-6-4-18/h7-9,15H,1-6,14H2,(H,16,17). The normalized spacial score (nSPS) is 16.8. The molecule has 0 bridgehead atoms. The minimum atomic E-state index is 0.760. The van der Waals surface area contributed by atoms with Crippen molar-refractivity contribution in [2.75, 3.05) is 50.4 Å². The average molecular weight is 261 g/mol. The summed E-state index contributed by atoms with van der Waals surface area (Å²) in [5.74, 6) is 0. The summed E-state index contributed by atoms with van der Waals surface area (Å²) in [5, 5.41) is 11.4. The number of aromatic nitrogens is 2. The van der Waals surface area contributed by atoms with Crippen molar-refractivity contribution in [3.63, 3.8) is 0 Å². The molecule has 1 aromatic heterocycles. The van der Waals surface area contributed by atoms with Crippen molar-refractivity contribution in [1.82, 2.24) is 15.1 Å². The summed E-state index contributed by atoms with van der Waals surface area (Å²) in [6, 6.07) is 3.95. The highest BCUT2D eigenvalue weighted by Crippen LogP contribution is 2.24. The Kier molecular flexibility index (Phi) is 3.52. The Morgan fingerprint density at radius 3 is 3.05 bits per heavy atom. The van der Waals surface area contributed by atoms with E-state index in [-0.39, 0.29) is 0 Å². The highest BCUT2D eigenvalue weighted by Gasteiger charge is 2.10. The second-order valence-electron chi connectivity index (χ2n) is 4.78. The van der Waals surface area contributed by atoms with E-state index in [0.717, 1.165) is 61.7 Å². The number of nitrogens with zero attached hydrogens (tertiary/aromatic N) is 2. The van der Waals surface area contributed by atoms with E-state index in [1.807, 2.05) is 12.1 Å². The summed E-state index contributed by atoms with van der Waals surface area (Å²) in [6.07, 6.45) is 1.78. The van der Waals surface area contributed by atoms with E-state index in [4.69, 9.17) is 10.5 Å². The van der Waals surface area contributed by atoms with E-state index in [0.29, 0.717) is 0 Å². The summed E-state index contributed by atoms with van der Waals surface area (Å²) >= 11 is 0. The number of benzene rings is 1. The fourth-order valence-corrected chi connectivity index (χ4v) is 2.34. The van der Waals surface area contributed by atoms with Crippen molar-refractivity contribution in [1.29, 1.82) is 0 Å². The van der Waals surface area contributed by atoms with E-state index in [9.17, 15) is 0 Å². The Bertz CT molecular complexity index is 547. The van der Waals surface area contributed by atoms with Gasteiger partial charge in [-0.15, -0.1) is 0 Å². The molecule has 4 N–H and O–H groups in total. The number of hydrogen-bond donors (Lipinski definition) is 3. The number of H-pyrrole nitrogens is 1. The molecule has 1 aliphatic rings. The van der Waals surface area contributed by atoms with Gasteiger partial charge in [-0.05, 0) is 12.1 Å². The molecule has 6 nitrogen and oxygen atoms in total. The van der Waals surface area contributed by atoms with Crippen LogP contribution in [0, 0.1) is 0 Å². The number of hydrogen-bond acceptors (Lipinski definition) is 5. The van der Waals surface area contributed by atoms with Crippen LogP contribution in [-0.2, 0) is 4.74 Å². The van der Waals surface area contributed by atoms with Crippen LogP contribution in [0.25, 0.3) is 10.9 Å². The number of fused-ring (bicyclic) bond motifs is 1. The van der Waals surface area contributed by atoms with Crippen molar-refractivity contribution in [3.8, 4) is 0 Å². The van der Waals surface area contributed by atoms with Crippen molar-refractivity contribution < 1.29 is 4.74 Å². The van der Waals surface area contributed by atoms with Gasteiger partial charge in [0.1, 0.15) is 0 Å². The van der Waals surface area contributed by atoms with Gasteiger partial charge in [0, 0.05) is 31.6 Å². The number of rotatable bonds is 4. The molecular weight excluding hydrogens is 242 g/mol. The van der Waals surface area contributed by atoms with Crippen LogP contribution in [0.2, 0.25) is 0 Å². The van der Waals surface area contributed by atoms with Crippen molar-refractivity contribution >= 4 is 22.3 Å². The van der Waals surface area contributed by atoms with Crippen LogP contribution in [0.4, 0.5) is 11.4 Å². The van der Waals surface area contributed by atoms with Gasteiger partial charge in [-0.1, -0.05) is 0 Å². The molecule has 1 saturated heterocycles. The zero-order valence-corrected chi connectivity index (χ0v) is 10.9. The third kappa shape index (κ3) is 2.80. The highest BCUT2D eigenvalue weighted by atomic mass is 16.5. The molecule has 1 aromatic carbocycles. The summed E-state index contributed by atoms with van der Waals surface area (Å²) in [4.78, 5) is 2.39. The SMILES string of the molecule is Nc1cc2cn[nH]c2cc1NCCN1CCOCC1. The number of nitrogen functional groups attached to an aromatic ring is 1. The van der Waals surface area contributed by atoms with Crippen LogP contribution in [0.1, 0.15) is 0 Å². The maximum atomic E-state index is 6.03. The molecule has 6 heteroatoms. The number of ether oxygens (including phenoxy) is 1. The lowest BCUT2D eigenvalue weighted by molar-refractivity contribution is 0.0398. The molecule has 0 unspecified atom stereocenters. The van der Waals surface area contributed by atoms with Crippen molar-refractivity contribution in [2.24, 2.45) is 0 Å². The van der Waals surface area contributed by atoms with E-state index >= 15 is 0 Å². The predicted octanol–water partition coefficient (Wildman–Crippen LogP) is 0.889. The van der Waals surface area contributed by atoms with E-state index in [2.05, 4.69) is 20.4 Å². The second-order valence-corrected chi connectivity index (χ2v) is 4.78. The van der Waals surface area contributed by atoms with Gasteiger partial charge in [-0.25, -0.2) is 0 Å². The molecule has 0 amide bonds. The average Bonchev–Trinajstić information content (AvgIpc) is 2.87. The molecule has 3 rings (SSSR count). The first kappa shape index (κ1) is 12.3. The van der Waals surface area contributed by atoms with E-state index in [1.165, 1.54) is 0 Å². The van der Waals surface area contributed by atoms with Gasteiger partial charge in [0.25, 0.3) is 0 Å². The fourth-order valence-electron chi connectivity index (χ4n) is 2.34. The van der Waals surface area contributed by atoms with Crippen LogP contribution in [0.5, 0.6) is 0 Å². The van der Waals surface area contributed by atoms with Crippen molar-refractivity contribution in [3.05, 3.63) is 18.3 Å². The third-order valence-electron chi connectivity index (χ3n) is 3.46. The first-order chi connectivity index (χ1) is 9.33. The highest BCUT2D eigenvalue weighted by molar-refractivity contribution is 5.88. The Morgan fingerprint density at radius 1 is 1.37 bits per heavy atom. The number of anilines is 2. The van der Waals surface area contributed by atoms with Gasteiger partial charge in [-0.3, -0.25) is 10.00 Å². The van der Waals surface area contributed by atoms with Crippen LogP contribution in [0.15, 0.2) is 18.3 Å². The minimum absolute atomic E-state index is 0.760. The maximum absolute atomic E-state index is 6.03. The largest absolute Gasteiger partial charge is 0.397 e. The van der Waals surface area contributed by atoms with Crippen molar-refractivity contribution in [2.45, 2.75) is 0 Å². The Morgan fingerprint density at radius 2 is 2.21 bits per heavy atom. The van der Waals surface area contributed by atoms with Gasteiger partial charge >= 0.3 is 0 Å². The van der Waals surface area contributed by atoms with Gasteiger partial charge < -0.3 is 15.8 Å². The van der Waals surface area contributed by atoms with Crippen LogP contribution < -0.4 is 11.1 Å². The summed E-state index contributed by atoms with van der Waals surface area (Å²) in [7, 11) is 0. The molecule has 19 heavy (non-hydrogen) atoms. The van der Waals surface area contributed by atoms with Gasteiger partial charge in [0.2, 0.25) is 0 Å². The molecule has 2 heterocycles. The molecular formula is C13H19N5O. The van der Waals surface area contributed by atoms with Crippen LogP contribution >= 0.6 is 0 Å². The third-order valence-corrected chi connectivity index (χ3v) is 3.46. The van der Waals surface area contributed by atoms with E-state index < -0.39 is 0 Å². The molecule has 2 aromatic rings. The summed E-state index contributed by atoms with van der Waals surface area (Å²) in [5.41, 5.74) is 8.75. The Balaban J connectivity index is 1.59. The zero-order chi connectivity index (χ0) is 13.1. The summed E-state index contributed by atoms with van der Waals surface area (Å²) in [6.45, 7) is 5.58. The Labute approximate surface area is 111 Å². The molecule has 0 radical (unpaired) electrons. The van der Waals surface area contributed by atoms with Crippen LogP contribution in [0.3, 0.4) is 0 Å². The zero-order valence-electron chi connectivity index (χ0n) is 10.9. The number of nitrogens with two attached hydrogens (primary N) is 1. The molecule has 102 valence electrons. The second kappa shape index (κ2) is 5.46. The summed E-state index contributed by atoms with van der Waals surface area (Å²) < 4.78 is 5.33. The lowest BCUT2D eigenvalue weighted by Gasteiger charge is -2.26. The molecule has 1 aliphatic heterocycles. The van der Waals surface area contributed by atoms with Gasteiger partial charge in [-0.2, -0.15) is 5.10 Å². The topological polar surface area (TPSA) is 79.2 Å². The lowest BCUT2D eigenvalue weighted by atomic mass is 10.2. The molecule has 0 atom stereocenters. The number of aromatic amines is 1. The van der Waals surface area contributed by atoms with Crippen LogP contribution in [-0.4, -0.2) is 54.5 Å². The van der Waals surface area contributed by atoms with E-state index in [1.54, 1.807) is 6.20 Å². The fraction of sp³-hybridized carbons (Fsp3) is 0.462. The molecule has 0 saturated carbocycles. The Hall–Kier alpha value is -1.79.